The lowest BCUT2D eigenvalue weighted by Crippen LogP contribution is -2.44. The average Bonchev–Trinajstić information content (AvgIpc) is 3.42. The van der Waals surface area contributed by atoms with Crippen molar-refractivity contribution < 1.29 is 42.9 Å². The van der Waals surface area contributed by atoms with Gasteiger partial charge in [0.25, 0.3) is 0 Å². The number of esters is 2. The fourth-order valence-corrected chi connectivity index (χ4v) is 8.61. The lowest BCUT2D eigenvalue weighted by Gasteiger charge is -2.26. The summed E-state index contributed by atoms with van der Waals surface area (Å²) < 4.78 is 22.7. The topological polar surface area (TPSA) is 111 Å². The number of aliphatic carboxylic acids is 1. The Morgan fingerprint density at radius 3 is 1.08 bits per heavy atom. The van der Waals surface area contributed by atoms with E-state index in [0.29, 0.717) is 17.4 Å². The van der Waals surface area contributed by atoms with E-state index >= 15 is 0 Å². The Labute approximate surface area is 485 Å². The minimum absolute atomic E-state index is 0.142. The third-order valence-corrected chi connectivity index (χ3v) is 13.5. The van der Waals surface area contributed by atoms with Crippen LogP contribution in [0.25, 0.3) is 0 Å². The summed E-state index contributed by atoms with van der Waals surface area (Å²) in [6.07, 6.45) is 80.1. The number of carboxylic acid groups (broad SMARTS) is 1. The SMILES string of the molecule is CC/C=C\C/C=C\C/C=C\C/C=C\C/C=C\C/C=C\CCCCCCCCCCCCCCCCCCC(=O)OC(COC(=O)CCCCCCCC/C=C\C/C=C\C/C=C\CCCCC)COC(OCC[N+](C)(C)C)C(=O)[O-]. The van der Waals surface area contributed by atoms with E-state index in [1.165, 1.54) is 122 Å². The van der Waals surface area contributed by atoms with E-state index < -0.39 is 24.3 Å². The van der Waals surface area contributed by atoms with Gasteiger partial charge < -0.3 is 33.3 Å². The van der Waals surface area contributed by atoms with Crippen LogP contribution in [0.4, 0.5) is 0 Å². The minimum Gasteiger partial charge on any atom is -0.545 e. The summed E-state index contributed by atoms with van der Waals surface area (Å²) in [7, 11) is 5.92. The first-order chi connectivity index (χ1) is 38.6. The Balaban J connectivity index is 4.14. The number of carbonyl (C=O) groups is 3. The zero-order chi connectivity index (χ0) is 57.6. The molecule has 0 aromatic heterocycles. The first kappa shape index (κ1) is 75.0. The molecule has 9 nitrogen and oxygen atoms in total. The van der Waals surface area contributed by atoms with E-state index in [1.54, 1.807) is 0 Å². The maximum Gasteiger partial charge on any atom is 0.306 e. The third kappa shape index (κ3) is 61.4. The molecule has 0 rings (SSSR count). The van der Waals surface area contributed by atoms with Crippen LogP contribution in [0.3, 0.4) is 0 Å². The minimum atomic E-state index is -1.63. The van der Waals surface area contributed by atoms with E-state index in [-0.39, 0.29) is 38.6 Å². The number of carbonyl (C=O) groups excluding carboxylic acids is 3. The van der Waals surface area contributed by atoms with Crippen LogP contribution in [-0.4, -0.2) is 82.3 Å². The highest BCUT2D eigenvalue weighted by Crippen LogP contribution is 2.16. The first-order valence-electron chi connectivity index (χ1n) is 32.0. The molecular weight excluding hydrogens is 983 g/mol. The molecule has 0 saturated heterocycles. The van der Waals surface area contributed by atoms with Gasteiger partial charge in [0.1, 0.15) is 13.2 Å². The van der Waals surface area contributed by atoms with E-state index in [9.17, 15) is 19.5 Å². The summed E-state index contributed by atoms with van der Waals surface area (Å²) in [5, 5.41) is 11.8. The van der Waals surface area contributed by atoms with E-state index in [1.807, 2.05) is 21.1 Å². The quantitative estimate of drug-likeness (QED) is 0.0195. The molecule has 0 aliphatic carbocycles. The molecule has 0 aromatic rings. The molecule has 79 heavy (non-hydrogen) atoms. The number of quaternary nitrogens is 1. The van der Waals surface area contributed by atoms with Gasteiger partial charge in [-0.1, -0.05) is 252 Å². The van der Waals surface area contributed by atoms with Crippen LogP contribution in [0.2, 0.25) is 0 Å². The van der Waals surface area contributed by atoms with Crippen LogP contribution < -0.4 is 5.11 Å². The number of unbranched alkanes of at least 4 members (excludes halogenated alkanes) is 25. The number of allylic oxidation sites excluding steroid dienone is 18. The third-order valence-electron chi connectivity index (χ3n) is 13.5. The normalized spacial score (nSPS) is 13.5. The van der Waals surface area contributed by atoms with Crippen LogP contribution in [0.15, 0.2) is 109 Å². The molecule has 0 aliphatic rings. The monoisotopic (exact) mass is 1100 g/mol. The summed E-state index contributed by atoms with van der Waals surface area (Å²) in [6.45, 7) is 4.60. The van der Waals surface area contributed by atoms with Gasteiger partial charge in [-0.2, -0.15) is 0 Å². The van der Waals surface area contributed by atoms with Crippen LogP contribution >= 0.6 is 0 Å². The molecule has 2 unspecified atom stereocenters. The van der Waals surface area contributed by atoms with Gasteiger partial charge >= 0.3 is 11.9 Å². The van der Waals surface area contributed by atoms with E-state index in [0.717, 1.165) is 103 Å². The van der Waals surface area contributed by atoms with Crippen molar-refractivity contribution in [1.82, 2.24) is 0 Å². The summed E-state index contributed by atoms with van der Waals surface area (Å²) in [5.74, 6) is -2.30. The highest BCUT2D eigenvalue weighted by molar-refractivity contribution is 5.70. The Morgan fingerprint density at radius 1 is 0.392 bits per heavy atom. The Morgan fingerprint density at radius 2 is 0.722 bits per heavy atom. The number of hydrogen-bond donors (Lipinski definition) is 0. The number of ether oxygens (including phenoxy) is 4. The number of rotatable bonds is 58. The molecule has 9 heteroatoms. The highest BCUT2D eigenvalue weighted by Gasteiger charge is 2.22. The summed E-state index contributed by atoms with van der Waals surface area (Å²) >= 11 is 0. The summed E-state index contributed by atoms with van der Waals surface area (Å²) in [4.78, 5) is 37.4. The van der Waals surface area contributed by atoms with Crippen molar-refractivity contribution >= 4 is 17.9 Å². The van der Waals surface area contributed by atoms with Gasteiger partial charge in [-0.25, -0.2) is 0 Å². The van der Waals surface area contributed by atoms with Crippen LogP contribution in [0.5, 0.6) is 0 Å². The molecule has 0 aromatic carbocycles. The summed E-state index contributed by atoms with van der Waals surface area (Å²) in [5.41, 5.74) is 0. The summed E-state index contributed by atoms with van der Waals surface area (Å²) in [6, 6.07) is 0. The van der Waals surface area contributed by atoms with Crippen molar-refractivity contribution in [2.24, 2.45) is 0 Å². The molecule has 0 bridgehead atoms. The molecule has 0 aliphatic heterocycles. The van der Waals surface area contributed by atoms with Gasteiger partial charge in [0.2, 0.25) is 0 Å². The molecule has 0 fully saturated rings. The van der Waals surface area contributed by atoms with Gasteiger partial charge in [-0.05, 0) is 103 Å². The molecule has 0 amide bonds. The Kier molecular flexibility index (Phi) is 57.0. The van der Waals surface area contributed by atoms with Crippen molar-refractivity contribution in [3.05, 3.63) is 109 Å². The molecule has 0 spiro atoms. The number of nitrogens with zero attached hydrogens (tertiary/aromatic N) is 1. The van der Waals surface area contributed by atoms with Crippen LogP contribution in [0, 0.1) is 0 Å². The van der Waals surface area contributed by atoms with Crippen molar-refractivity contribution in [2.45, 2.75) is 270 Å². The largest absolute Gasteiger partial charge is 0.545 e. The number of likely N-dealkylation sites (N-methyl/N-ethyl adjacent to an activating group) is 1. The van der Waals surface area contributed by atoms with Gasteiger partial charge in [0.15, 0.2) is 12.4 Å². The fourth-order valence-electron chi connectivity index (χ4n) is 8.61. The fraction of sp³-hybridized carbons (Fsp3) is 0.700. The highest BCUT2D eigenvalue weighted by atomic mass is 16.7. The number of carboxylic acids is 1. The second-order valence-corrected chi connectivity index (χ2v) is 22.3. The lowest BCUT2D eigenvalue weighted by molar-refractivity contribution is -0.870. The molecule has 452 valence electrons. The second-order valence-electron chi connectivity index (χ2n) is 22.3. The molecule has 0 heterocycles. The van der Waals surface area contributed by atoms with Gasteiger partial charge in [-0.3, -0.25) is 9.59 Å². The van der Waals surface area contributed by atoms with E-state index in [2.05, 4.69) is 123 Å². The maximum absolute atomic E-state index is 12.9. The number of hydrogen-bond acceptors (Lipinski definition) is 8. The predicted molar refractivity (Wildman–Crippen MR) is 333 cm³/mol. The maximum atomic E-state index is 12.9. The van der Waals surface area contributed by atoms with Gasteiger partial charge in [0.05, 0.1) is 40.3 Å². The van der Waals surface area contributed by atoms with Crippen molar-refractivity contribution in [3.63, 3.8) is 0 Å². The zero-order valence-electron chi connectivity index (χ0n) is 51.5. The molecular formula is C70H119NO8. The Hall–Kier alpha value is -4.05. The molecule has 0 N–H and O–H groups in total. The van der Waals surface area contributed by atoms with Crippen molar-refractivity contribution in [2.75, 3.05) is 47.5 Å². The zero-order valence-corrected chi connectivity index (χ0v) is 51.5. The Bertz CT molecular complexity index is 1660. The lowest BCUT2D eigenvalue weighted by atomic mass is 10.0. The smallest absolute Gasteiger partial charge is 0.306 e. The molecule has 0 radical (unpaired) electrons. The van der Waals surface area contributed by atoms with Crippen molar-refractivity contribution in [1.29, 1.82) is 0 Å². The van der Waals surface area contributed by atoms with Gasteiger partial charge in [0, 0.05) is 12.8 Å². The van der Waals surface area contributed by atoms with Crippen molar-refractivity contribution in [3.8, 4) is 0 Å². The van der Waals surface area contributed by atoms with Crippen LogP contribution in [0.1, 0.15) is 258 Å². The van der Waals surface area contributed by atoms with Gasteiger partial charge in [-0.15, -0.1) is 0 Å². The van der Waals surface area contributed by atoms with Crippen LogP contribution in [-0.2, 0) is 33.3 Å². The first-order valence-corrected chi connectivity index (χ1v) is 32.0. The van der Waals surface area contributed by atoms with E-state index in [4.69, 9.17) is 18.9 Å². The second kappa shape index (κ2) is 60.1. The predicted octanol–water partition coefficient (Wildman–Crippen LogP) is 18.1. The molecule has 2 atom stereocenters. The molecule has 0 saturated carbocycles. The standard InChI is InChI=1S/C70H119NO8/c1-6-8-10-12-14-16-18-20-22-24-26-27-28-29-30-31-32-33-34-35-36-37-38-39-40-41-43-45-47-49-51-53-55-57-59-61-68(73)79-66(65-78-70(69(74)75)76-63-62-71(3,4)5)64-77-67(72)60-58-56-54-52-50-48-46-44-42-25-23-21-19-17-15-13-11-9-7-2/h8,10,14-17,20-23,26-27,29-30,32-33,42,44,66,70H,6-7,9,11-13,18-19,24-25,28,31,34-41,43,45-65H2,1-5H3/b10-8-,16-14-,17-15-,22-20-,23-21-,27-26-,30-29-,33-32-,44-42-. The average molecular weight is 1100 g/mol.